The Hall–Kier alpha value is -0.890. The number of hydrogen-bond acceptors (Lipinski definition) is 2. The van der Waals surface area contributed by atoms with E-state index in [9.17, 15) is 4.39 Å². The van der Waals surface area contributed by atoms with Crippen LogP contribution in [0.5, 0.6) is 0 Å². The molecule has 0 aromatic heterocycles. The van der Waals surface area contributed by atoms with Crippen LogP contribution < -0.4 is 10.6 Å². The first kappa shape index (κ1) is 19.9. The summed E-state index contributed by atoms with van der Waals surface area (Å²) in [6, 6.07) is 5.85. The third kappa shape index (κ3) is 3.13. The fourth-order valence-electron chi connectivity index (χ4n) is 4.94. The normalized spacial score (nSPS) is 29.8. The number of guanidine groups is 1. The van der Waals surface area contributed by atoms with Crippen LogP contribution in [0.4, 0.5) is 4.39 Å². The zero-order chi connectivity index (χ0) is 17.6. The smallest absolute Gasteiger partial charge is 0.191 e. The van der Waals surface area contributed by atoms with E-state index in [-0.39, 0.29) is 35.8 Å². The molecule has 0 radical (unpaired) electrons. The summed E-state index contributed by atoms with van der Waals surface area (Å²) in [6.07, 6.45) is 5.39. The van der Waals surface area contributed by atoms with E-state index in [0.717, 1.165) is 24.6 Å². The van der Waals surface area contributed by atoms with Gasteiger partial charge < -0.3 is 15.4 Å². The molecule has 1 aliphatic heterocycles. The van der Waals surface area contributed by atoms with Crippen molar-refractivity contribution in [3.8, 4) is 0 Å². The van der Waals surface area contributed by atoms with Gasteiger partial charge in [-0.3, -0.25) is 4.99 Å². The number of nitrogens with zero attached hydrogens (tertiary/aromatic N) is 1. The van der Waals surface area contributed by atoms with Gasteiger partial charge in [-0.2, -0.15) is 0 Å². The molecule has 3 fully saturated rings. The van der Waals surface area contributed by atoms with Crippen molar-refractivity contribution in [2.24, 2.45) is 16.3 Å². The molecule has 4 rings (SSSR count). The van der Waals surface area contributed by atoms with E-state index in [4.69, 9.17) is 4.74 Å². The van der Waals surface area contributed by atoms with Crippen LogP contribution in [0, 0.1) is 24.1 Å². The van der Waals surface area contributed by atoms with Gasteiger partial charge in [0.2, 0.25) is 0 Å². The Bertz CT molecular complexity index is 692. The SMILES string of the molecule is CN=C(NC(C)c1ccc(C)c(F)c1)NC1C2CCOC2C12CCC2.I. The molecule has 1 aromatic rings. The number of ether oxygens (including phenoxy) is 1. The van der Waals surface area contributed by atoms with Gasteiger partial charge in [-0.05, 0) is 50.3 Å². The summed E-state index contributed by atoms with van der Waals surface area (Å²) in [7, 11) is 1.80. The monoisotopic (exact) mass is 473 g/mol. The van der Waals surface area contributed by atoms with Crippen molar-refractivity contribution >= 4 is 29.9 Å². The van der Waals surface area contributed by atoms with Crippen molar-refractivity contribution < 1.29 is 9.13 Å². The molecule has 0 amide bonds. The maximum atomic E-state index is 13.8. The zero-order valence-electron chi connectivity index (χ0n) is 15.7. The van der Waals surface area contributed by atoms with Crippen LogP contribution >= 0.6 is 24.0 Å². The van der Waals surface area contributed by atoms with Crippen molar-refractivity contribution in [2.45, 2.75) is 57.7 Å². The van der Waals surface area contributed by atoms with Gasteiger partial charge in [0.15, 0.2) is 5.96 Å². The van der Waals surface area contributed by atoms with Crippen LogP contribution in [0.1, 0.15) is 49.8 Å². The molecule has 4 unspecified atom stereocenters. The highest BCUT2D eigenvalue weighted by atomic mass is 127. The molecule has 1 saturated heterocycles. The lowest BCUT2D eigenvalue weighted by molar-refractivity contribution is -0.171. The molecular weight excluding hydrogens is 444 g/mol. The molecular formula is C20H29FIN3O. The van der Waals surface area contributed by atoms with Gasteiger partial charge in [-0.25, -0.2) is 4.39 Å². The predicted molar refractivity (Wildman–Crippen MR) is 113 cm³/mol. The first-order chi connectivity index (χ1) is 12.0. The lowest BCUT2D eigenvalue weighted by Gasteiger charge is -2.63. The summed E-state index contributed by atoms with van der Waals surface area (Å²) in [5.74, 6) is 1.24. The van der Waals surface area contributed by atoms with Crippen molar-refractivity contribution in [3.63, 3.8) is 0 Å². The minimum absolute atomic E-state index is 0. The van der Waals surface area contributed by atoms with Crippen LogP contribution in [-0.4, -0.2) is 31.8 Å². The van der Waals surface area contributed by atoms with Gasteiger partial charge in [0.1, 0.15) is 5.82 Å². The Morgan fingerprint density at radius 3 is 2.77 bits per heavy atom. The summed E-state index contributed by atoms with van der Waals surface area (Å²) in [6.45, 7) is 4.71. The Morgan fingerprint density at radius 2 is 2.15 bits per heavy atom. The van der Waals surface area contributed by atoms with Crippen molar-refractivity contribution in [2.75, 3.05) is 13.7 Å². The molecule has 1 heterocycles. The molecule has 0 bridgehead atoms. The zero-order valence-corrected chi connectivity index (χ0v) is 18.0. The second-order valence-corrected chi connectivity index (χ2v) is 7.90. The molecule has 2 saturated carbocycles. The fraction of sp³-hybridized carbons (Fsp3) is 0.650. The summed E-state index contributed by atoms with van der Waals surface area (Å²) in [4.78, 5) is 4.41. The minimum atomic E-state index is -0.160. The second kappa shape index (κ2) is 7.62. The Morgan fingerprint density at radius 1 is 1.38 bits per heavy atom. The molecule has 3 aliphatic rings. The van der Waals surface area contributed by atoms with Crippen molar-refractivity contribution in [3.05, 3.63) is 35.1 Å². The highest BCUT2D eigenvalue weighted by Gasteiger charge is 2.66. The molecule has 1 aromatic carbocycles. The Balaban J connectivity index is 0.00000196. The van der Waals surface area contributed by atoms with Gasteiger partial charge in [-0.1, -0.05) is 18.6 Å². The van der Waals surface area contributed by atoms with Gasteiger partial charge in [-0.15, -0.1) is 24.0 Å². The first-order valence-electron chi connectivity index (χ1n) is 9.42. The minimum Gasteiger partial charge on any atom is -0.377 e. The van der Waals surface area contributed by atoms with Crippen LogP contribution in [-0.2, 0) is 4.74 Å². The average molecular weight is 473 g/mol. The summed E-state index contributed by atoms with van der Waals surface area (Å²) in [5, 5.41) is 7.09. The Kier molecular flexibility index (Phi) is 5.82. The highest BCUT2D eigenvalue weighted by Crippen LogP contribution is 2.62. The molecule has 4 atom stereocenters. The lowest BCUT2D eigenvalue weighted by Crippen LogP contribution is -2.72. The number of fused-ring (bicyclic) bond motifs is 2. The molecule has 26 heavy (non-hydrogen) atoms. The van der Waals surface area contributed by atoms with E-state index in [1.807, 2.05) is 19.1 Å². The van der Waals surface area contributed by atoms with E-state index in [0.29, 0.717) is 29.0 Å². The van der Waals surface area contributed by atoms with E-state index in [2.05, 4.69) is 15.6 Å². The number of aliphatic imine (C=N–C) groups is 1. The average Bonchev–Trinajstić information content (AvgIpc) is 2.97. The molecule has 144 valence electrons. The molecule has 2 N–H and O–H groups in total. The highest BCUT2D eigenvalue weighted by molar-refractivity contribution is 14.0. The third-order valence-electron chi connectivity index (χ3n) is 6.60. The van der Waals surface area contributed by atoms with E-state index < -0.39 is 0 Å². The maximum Gasteiger partial charge on any atom is 0.191 e. The number of benzene rings is 1. The van der Waals surface area contributed by atoms with E-state index in [1.54, 1.807) is 20.0 Å². The lowest BCUT2D eigenvalue weighted by atomic mass is 9.46. The summed E-state index contributed by atoms with van der Waals surface area (Å²) < 4.78 is 19.8. The van der Waals surface area contributed by atoms with E-state index >= 15 is 0 Å². The number of halogens is 2. The first-order valence-corrected chi connectivity index (χ1v) is 9.42. The van der Waals surface area contributed by atoms with Crippen molar-refractivity contribution in [1.29, 1.82) is 0 Å². The van der Waals surface area contributed by atoms with Crippen molar-refractivity contribution in [1.82, 2.24) is 10.6 Å². The van der Waals surface area contributed by atoms with Crippen LogP contribution in [0.2, 0.25) is 0 Å². The second-order valence-electron chi connectivity index (χ2n) is 7.90. The number of aryl methyl sites for hydroxylation is 1. The standard InChI is InChI=1S/C20H28FN3O.HI/c1-12-5-6-14(11-16(12)21)13(2)23-19(22-3)24-17-15-7-10-25-18(15)20(17)8-4-9-20;/h5-6,11,13,15,17-18H,4,7-10H2,1-3H3,(H2,22,23,24);1H. The van der Waals surface area contributed by atoms with E-state index in [1.165, 1.54) is 19.3 Å². The van der Waals surface area contributed by atoms with Crippen LogP contribution in [0.3, 0.4) is 0 Å². The number of hydrogen-bond donors (Lipinski definition) is 2. The molecule has 4 nitrogen and oxygen atoms in total. The fourth-order valence-corrected chi connectivity index (χ4v) is 4.94. The quantitative estimate of drug-likeness (QED) is 0.397. The van der Waals surface area contributed by atoms with Crippen LogP contribution in [0.15, 0.2) is 23.2 Å². The van der Waals surface area contributed by atoms with Gasteiger partial charge >= 0.3 is 0 Å². The maximum absolute atomic E-state index is 13.8. The third-order valence-corrected chi connectivity index (χ3v) is 6.60. The predicted octanol–water partition coefficient (Wildman–Crippen LogP) is 3.94. The molecule has 2 aliphatic carbocycles. The van der Waals surface area contributed by atoms with Gasteiger partial charge in [0.25, 0.3) is 0 Å². The molecule has 6 heteroatoms. The van der Waals surface area contributed by atoms with Gasteiger partial charge in [0, 0.05) is 31.0 Å². The summed E-state index contributed by atoms with van der Waals surface area (Å²) in [5.41, 5.74) is 1.92. The van der Waals surface area contributed by atoms with Gasteiger partial charge in [0.05, 0.1) is 12.1 Å². The number of rotatable bonds is 3. The topological polar surface area (TPSA) is 45.7 Å². The molecule has 1 spiro atoms. The Labute approximate surface area is 172 Å². The van der Waals surface area contributed by atoms with Crippen LogP contribution in [0.25, 0.3) is 0 Å². The summed E-state index contributed by atoms with van der Waals surface area (Å²) >= 11 is 0. The number of nitrogens with one attached hydrogen (secondary N) is 2. The largest absolute Gasteiger partial charge is 0.377 e.